The molecular formula is C25H36N4O2. The maximum atomic E-state index is 12.3. The Kier molecular flexibility index (Phi) is 7.29. The zero-order valence-electron chi connectivity index (χ0n) is 19.7. The van der Waals surface area contributed by atoms with Crippen LogP contribution in [0.1, 0.15) is 60.3 Å². The molecule has 0 aliphatic heterocycles. The molecule has 1 amide bonds. The van der Waals surface area contributed by atoms with Crippen LogP contribution in [0.4, 0.5) is 0 Å². The Hall–Kier alpha value is -2.50. The van der Waals surface area contributed by atoms with Gasteiger partial charge in [0.15, 0.2) is 0 Å². The van der Waals surface area contributed by atoms with E-state index in [4.69, 9.17) is 4.42 Å². The summed E-state index contributed by atoms with van der Waals surface area (Å²) in [5.74, 6) is 3.11. The Morgan fingerprint density at radius 3 is 2.58 bits per heavy atom. The van der Waals surface area contributed by atoms with Gasteiger partial charge >= 0.3 is 0 Å². The molecule has 6 heteroatoms. The highest BCUT2D eigenvalue weighted by Gasteiger charge is 2.33. The van der Waals surface area contributed by atoms with Crippen molar-refractivity contribution in [2.75, 3.05) is 6.54 Å². The Labute approximate surface area is 185 Å². The molecule has 6 nitrogen and oxygen atoms in total. The van der Waals surface area contributed by atoms with Crippen LogP contribution >= 0.6 is 0 Å². The van der Waals surface area contributed by atoms with Crippen LogP contribution in [-0.4, -0.2) is 27.6 Å². The zero-order chi connectivity index (χ0) is 22.6. The highest BCUT2D eigenvalue weighted by atomic mass is 16.4. The first-order valence-corrected chi connectivity index (χ1v) is 11.3. The second kappa shape index (κ2) is 9.75. The normalized spacial score (nSPS) is 21.8. The third-order valence-corrected chi connectivity index (χ3v) is 6.12. The molecule has 168 valence electrons. The summed E-state index contributed by atoms with van der Waals surface area (Å²) in [5.41, 5.74) is 2.23. The van der Waals surface area contributed by atoms with Crippen LogP contribution in [0.5, 0.6) is 0 Å². The van der Waals surface area contributed by atoms with Crippen molar-refractivity contribution in [2.45, 2.75) is 60.8 Å². The van der Waals surface area contributed by atoms with Gasteiger partial charge < -0.3 is 9.73 Å². The highest BCUT2D eigenvalue weighted by Crippen LogP contribution is 2.38. The van der Waals surface area contributed by atoms with E-state index in [0.717, 1.165) is 18.4 Å². The molecule has 0 radical (unpaired) electrons. The van der Waals surface area contributed by atoms with E-state index in [1.165, 1.54) is 5.57 Å². The molecule has 31 heavy (non-hydrogen) atoms. The Balaban J connectivity index is 1.66. The number of rotatable bonds is 7. The summed E-state index contributed by atoms with van der Waals surface area (Å²) < 4.78 is 5.93. The van der Waals surface area contributed by atoms with Gasteiger partial charge in [0.1, 0.15) is 0 Å². The van der Waals surface area contributed by atoms with Crippen molar-refractivity contribution in [1.29, 1.82) is 0 Å². The highest BCUT2D eigenvalue weighted by molar-refractivity contribution is 5.76. The maximum absolute atomic E-state index is 12.3. The lowest BCUT2D eigenvalue weighted by Gasteiger charge is -2.37. The fourth-order valence-corrected chi connectivity index (χ4v) is 4.44. The molecule has 3 rings (SSSR count). The number of hydrogen-bond acceptors (Lipinski definition) is 5. The van der Waals surface area contributed by atoms with Gasteiger partial charge in [-0.25, -0.2) is 0 Å². The molecule has 0 bridgehead atoms. The molecule has 0 unspecified atom stereocenters. The zero-order valence-corrected chi connectivity index (χ0v) is 19.7. The number of carbonyl (C=O) groups excluding carboxylic acids is 1. The van der Waals surface area contributed by atoms with E-state index in [9.17, 15) is 4.79 Å². The first kappa shape index (κ1) is 23.2. The van der Waals surface area contributed by atoms with E-state index in [-0.39, 0.29) is 11.3 Å². The van der Waals surface area contributed by atoms with Crippen molar-refractivity contribution < 1.29 is 9.21 Å². The summed E-state index contributed by atoms with van der Waals surface area (Å²) in [6.07, 6.45) is 8.16. The Bertz CT molecular complexity index is 896. The lowest BCUT2D eigenvalue weighted by atomic mass is 9.70. The number of aromatic nitrogens is 3. The summed E-state index contributed by atoms with van der Waals surface area (Å²) >= 11 is 0. The van der Waals surface area contributed by atoms with Crippen molar-refractivity contribution in [2.24, 2.45) is 29.1 Å². The number of amides is 1. The van der Waals surface area contributed by atoms with Crippen molar-refractivity contribution in [3.63, 3.8) is 0 Å². The van der Waals surface area contributed by atoms with Crippen LogP contribution < -0.4 is 5.32 Å². The number of nitrogens with one attached hydrogen (secondary N) is 1. The average Bonchev–Trinajstić information content (AvgIpc) is 3.16. The van der Waals surface area contributed by atoms with E-state index >= 15 is 0 Å². The number of allylic oxidation sites excluding steroid dienone is 1. The smallest absolute Gasteiger partial charge is 0.247 e. The van der Waals surface area contributed by atoms with E-state index < -0.39 is 0 Å². The van der Waals surface area contributed by atoms with Gasteiger partial charge in [-0.3, -0.25) is 9.78 Å². The average molecular weight is 425 g/mol. The van der Waals surface area contributed by atoms with Gasteiger partial charge in [0.2, 0.25) is 17.7 Å². The predicted octanol–water partition coefficient (Wildman–Crippen LogP) is 5.08. The van der Waals surface area contributed by atoms with Gasteiger partial charge in [-0.15, -0.1) is 10.2 Å². The van der Waals surface area contributed by atoms with Gasteiger partial charge in [-0.2, -0.15) is 0 Å². The van der Waals surface area contributed by atoms with Crippen LogP contribution in [0.25, 0.3) is 11.5 Å². The second-order valence-corrected chi connectivity index (χ2v) is 10.4. The largest absolute Gasteiger partial charge is 0.421 e. The first-order valence-electron chi connectivity index (χ1n) is 11.3. The maximum Gasteiger partial charge on any atom is 0.247 e. The monoisotopic (exact) mass is 424 g/mol. The molecule has 1 N–H and O–H groups in total. The number of pyridine rings is 1. The van der Waals surface area contributed by atoms with Crippen molar-refractivity contribution in [1.82, 2.24) is 20.5 Å². The van der Waals surface area contributed by atoms with Gasteiger partial charge in [0.25, 0.3) is 0 Å². The molecule has 0 saturated carbocycles. The predicted molar refractivity (Wildman–Crippen MR) is 122 cm³/mol. The van der Waals surface area contributed by atoms with Crippen molar-refractivity contribution in [3.05, 3.63) is 42.1 Å². The molecule has 2 heterocycles. The first-order chi connectivity index (χ1) is 14.6. The third kappa shape index (κ3) is 6.49. The van der Waals surface area contributed by atoms with Crippen LogP contribution in [0, 0.1) is 29.1 Å². The van der Waals surface area contributed by atoms with Gasteiger partial charge in [0.05, 0.1) is 0 Å². The van der Waals surface area contributed by atoms with Crippen LogP contribution in [0.15, 0.2) is 40.6 Å². The minimum absolute atomic E-state index is 0.00411. The lowest BCUT2D eigenvalue weighted by Crippen LogP contribution is -2.38. The Morgan fingerprint density at radius 1 is 1.23 bits per heavy atom. The lowest BCUT2D eigenvalue weighted by molar-refractivity contribution is -0.123. The quantitative estimate of drug-likeness (QED) is 0.627. The SMILES string of the molecule is CC1=C[C@@H](CNC(=O)CC(C)(C)C)[C@H](C(C)C)C[C@H]1Cc1nnc(-c2ccncc2)o1. The standard InChI is InChI=1S/C25H36N4O2/c1-16(2)21-12-19(13-23-28-29-24(31-23)18-7-9-26-10-8-18)17(3)11-20(21)15-27-22(30)14-25(4,5)6/h7-11,16,19-21H,12-15H2,1-6H3,(H,27,30)/t19-,20-,21-/m0/s1. The molecule has 1 aliphatic rings. The van der Waals surface area contributed by atoms with Crippen LogP contribution in [0.3, 0.4) is 0 Å². The minimum atomic E-state index is 0.00411. The fraction of sp³-hybridized carbons (Fsp3) is 0.600. The van der Waals surface area contributed by atoms with E-state index in [1.807, 2.05) is 12.1 Å². The van der Waals surface area contributed by atoms with Gasteiger partial charge in [-0.1, -0.05) is 46.3 Å². The van der Waals surface area contributed by atoms with Crippen molar-refractivity contribution in [3.8, 4) is 11.5 Å². The van der Waals surface area contributed by atoms with E-state index in [2.05, 4.69) is 68.1 Å². The molecule has 0 saturated heterocycles. The van der Waals surface area contributed by atoms with E-state index in [1.54, 1.807) is 12.4 Å². The number of hydrogen-bond donors (Lipinski definition) is 1. The van der Waals surface area contributed by atoms with Gasteiger partial charge in [0, 0.05) is 37.3 Å². The number of nitrogens with zero attached hydrogens (tertiary/aromatic N) is 3. The van der Waals surface area contributed by atoms with E-state index in [0.29, 0.717) is 48.4 Å². The van der Waals surface area contributed by atoms with Crippen molar-refractivity contribution >= 4 is 5.91 Å². The summed E-state index contributed by atoms with van der Waals surface area (Å²) in [5, 5.41) is 11.7. The van der Waals surface area contributed by atoms with Crippen LogP contribution in [-0.2, 0) is 11.2 Å². The topological polar surface area (TPSA) is 80.9 Å². The fourth-order valence-electron chi connectivity index (χ4n) is 4.44. The van der Waals surface area contributed by atoms with Crippen LogP contribution in [0.2, 0.25) is 0 Å². The molecule has 0 fully saturated rings. The molecule has 0 spiro atoms. The Morgan fingerprint density at radius 2 is 1.94 bits per heavy atom. The second-order valence-electron chi connectivity index (χ2n) is 10.4. The summed E-state index contributed by atoms with van der Waals surface area (Å²) in [6.45, 7) is 13.7. The summed E-state index contributed by atoms with van der Waals surface area (Å²) in [6, 6.07) is 3.74. The molecule has 2 aromatic rings. The molecule has 0 aromatic carbocycles. The minimum Gasteiger partial charge on any atom is -0.421 e. The summed E-state index contributed by atoms with van der Waals surface area (Å²) in [4.78, 5) is 16.4. The third-order valence-electron chi connectivity index (χ3n) is 6.12. The molecule has 2 aromatic heterocycles. The number of carbonyl (C=O) groups is 1. The summed E-state index contributed by atoms with van der Waals surface area (Å²) in [7, 11) is 0. The van der Waals surface area contributed by atoms with Gasteiger partial charge in [-0.05, 0) is 54.6 Å². The molecule has 1 aliphatic carbocycles. The molecular weight excluding hydrogens is 388 g/mol. The molecule has 3 atom stereocenters.